The standard InChI is InChI=1S/C14H18BrClFN/c15-14-10(5-4-7-12(14)17)9-18-13-8-3-1-2-6-11(13)16/h4-5,7,11,13,18H,1-3,6,8-9H2. The molecule has 1 N–H and O–H groups in total. The molecule has 0 aliphatic heterocycles. The van der Waals surface area contributed by atoms with Gasteiger partial charge in [0, 0.05) is 18.0 Å². The van der Waals surface area contributed by atoms with E-state index < -0.39 is 0 Å². The van der Waals surface area contributed by atoms with Crippen LogP contribution in [0, 0.1) is 5.82 Å². The van der Waals surface area contributed by atoms with Gasteiger partial charge in [0.2, 0.25) is 0 Å². The molecular weight excluding hydrogens is 317 g/mol. The molecular formula is C14H18BrClFN. The highest BCUT2D eigenvalue weighted by Crippen LogP contribution is 2.24. The minimum absolute atomic E-state index is 0.194. The van der Waals surface area contributed by atoms with Gasteiger partial charge in [0.05, 0.1) is 4.47 Å². The molecule has 0 heterocycles. The monoisotopic (exact) mass is 333 g/mol. The highest BCUT2D eigenvalue weighted by atomic mass is 79.9. The summed E-state index contributed by atoms with van der Waals surface area (Å²) in [4.78, 5) is 0. The molecule has 4 heteroatoms. The molecule has 2 rings (SSSR count). The molecule has 0 saturated heterocycles. The van der Waals surface area contributed by atoms with Crippen molar-refractivity contribution in [2.75, 3.05) is 0 Å². The average Bonchev–Trinajstić information content (AvgIpc) is 2.56. The minimum Gasteiger partial charge on any atom is -0.308 e. The van der Waals surface area contributed by atoms with E-state index in [0.717, 1.165) is 18.4 Å². The molecule has 1 fully saturated rings. The lowest BCUT2D eigenvalue weighted by molar-refractivity contribution is 0.463. The number of alkyl halides is 1. The molecule has 0 aromatic heterocycles. The van der Waals surface area contributed by atoms with Crippen LogP contribution in [0.15, 0.2) is 22.7 Å². The van der Waals surface area contributed by atoms with E-state index >= 15 is 0 Å². The Bertz CT molecular complexity index is 399. The lowest BCUT2D eigenvalue weighted by Gasteiger charge is -2.21. The smallest absolute Gasteiger partial charge is 0.137 e. The van der Waals surface area contributed by atoms with Crippen LogP contribution in [-0.4, -0.2) is 11.4 Å². The van der Waals surface area contributed by atoms with Crippen molar-refractivity contribution in [3.05, 3.63) is 34.1 Å². The normalized spacial score (nSPS) is 24.8. The second-order valence-electron chi connectivity index (χ2n) is 4.85. The SMILES string of the molecule is Fc1cccc(CNC2CCCCCC2Cl)c1Br. The summed E-state index contributed by atoms with van der Waals surface area (Å²) in [6.45, 7) is 0.659. The number of hydrogen-bond donors (Lipinski definition) is 1. The van der Waals surface area contributed by atoms with Crippen LogP contribution in [-0.2, 0) is 6.54 Å². The van der Waals surface area contributed by atoms with Crippen molar-refractivity contribution in [2.24, 2.45) is 0 Å². The lowest BCUT2D eigenvalue weighted by Crippen LogP contribution is -2.35. The van der Waals surface area contributed by atoms with Gasteiger partial charge < -0.3 is 5.32 Å². The average molecular weight is 335 g/mol. The fourth-order valence-electron chi connectivity index (χ4n) is 2.42. The van der Waals surface area contributed by atoms with Crippen LogP contribution in [0.4, 0.5) is 4.39 Å². The van der Waals surface area contributed by atoms with Crippen molar-refractivity contribution in [1.82, 2.24) is 5.32 Å². The number of hydrogen-bond acceptors (Lipinski definition) is 1. The molecule has 0 bridgehead atoms. The maximum Gasteiger partial charge on any atom is 0.137 e. The van der Waals surface area contributed by atoms with Crippen LogP contribution in [0.25, 0.3) is 0 Å². The Hall–Kier alpha value is -0.120. The van der Waals surface area contributed by atoms with Crippen LogP contribution >= 0.6 is 27.5 Å². The maximum atomic E-state index is 13.4. The second kappa shape index (κ2) is 6.88. The molecule has 18 heavy (non-hydrogen) atoms. The van der Waals surface area contributed by atoms with Gasteiger partial charge in [-0.2, -0.15) is 0 Å². The summed E-state index contributed by atoms with van der Waals surface area (Å²) in [6, 6.07) is 5.47. The molecule has 0 amide bonds. The third kappa shape index (κ3) is 3.69. The summed E-state index contributed by atoms with van der Waals surface area (Å²) in [5.41, 5.74) is 0.947. The second-order valence-corrected chi connectivity index (χ2v) is 6.21. The van der Waals surface area contributed by atoms with Crippen molar-refractivity contribution in [1.29, 1.82) is 0 Å². The first-order valence-electron chi connectivity index (χ1n) is 6.49. The number of halogens is 3. The number of benzene rings is 1. The third-order valence-corrected chi connectivity index (χ3v) is 4.93. The molecule has 0 radical (unpaired) electrons. The third-order valence-electron chi connectivity index (χ3n) is 3.52. The van der Waals surface area contributed by atoms with Crippen LogP contribution in [0.3, 0.4) is 0 Å². The Labute approximate surface area is 121 Å². The predicted octanol–water partition coefficient (Wildman–Crippen LogP) is 4.62. The Morgan fingerprint density at radius 1 is 1.28 bits per heavy atom. The Morgan fingerprint density at radius 2 is 2.06 bits per heavy atom. The highest BCUT2D eigenvalue weighted by molar-refractivity contribution is 9.10. The topological polar surface area (TPSA) is 12.0 Å². The summed E-state index contributed by atoms with van der Waals surface area (Å²) in [7, 11) is 0. The van der Waals surface area contributed by atoms with Gasteiger partial charge in [0.1, 0.15) is 5.82 Å². The fourth-order valence-corrected chi connectivity index (χ4v) is 3.19. The van der Waals surface area contributed by atoms with Crippen LogP contribution < -0.4 is 5.32 Å². The van der Waals surface area contributed by atoms with Crippen LogP contribution in [0.2, 0.25) is 0 Å². The first-order chi connectivity index (χ1) is 8.68. The van der Waals surface area contributed by atoms with E-state index in [0.29, 0.717) is 17.1 Å². The van der Waals surface area contributed by atoms with Gasteiger partial charge in [-0.25, -0.2) is 4.39 Å². The molecule has 100 valence electrons. The molecule has 1 aromatic carbocycles. The van der Waals surface area contributed by atoms with E-state index in [-0.39, 0.29) is 11.2 Å². The molecule has 0 spiro atoms. The zero-order valence-corrected chi connectivity index (χ0v) is 12.6. The van der Waals surface area contributed by atoms with E-state index in [4.69, 9.17) is 11.6 Å². The molecule has 1 aliphatic carbocycles. The Balaban J connectivity index is 1.95. The van der Waals surface area contributed by atoms with E-state index in [2.05, 4.69) is 21.2 Å². The molecule has 1 aliphatic rings. The van der Waals surface area contributed by atoms with Gasteiger partial charge in [-0.1, -0.05) is 31.4 Å². The number of rotatable bonds is 3. The summed E-state index contributed by atoms with van der Waals surface area (Å²) >= 11 is 9.66. The van der Waals surface area contributed by atoms with Crippen LogP contribution in [0.5, 0.6) is 0 Å². The molecule has 2 unspecified atom stereocenters. The van der Waals surface area contributed by atoms with Crippen molar-refractivity contribution in [2.45, 2.75) is 50.1 Å². The van der Waals surface area contributed by atoms with Gasteiger partial charge in [0.25, 0.3) is 0 Å². The van der Waals surface area contributed by atoms with Gasteiger partial charge in [-0.15, -0.1) is 11.6 Å². The van der Waals surface area contributed by atoms with E-state index in [1.165, 1.54) is 25.3 Å². The largest absolute Gasteiger partial charge is 0.308 e. The van der Waals surface area contributed by atoms with Gasteiger partial charge >= 0.3 is 0 Å². The van der Waals surface area contributed by atoms with E-state index in [9.17, 15) is 4.39 Å². The van der Waals surface area contributed by atoms with Crippen molar-refractivity contribution in [3.63, 3.8) is 0 Å². The van der Waals surface area contributed by atoms with Crippen molar-refractivity contribution < 1.29 is 4.39 Å². The summed E-state index contributed by atoms with van der Waals surface area (Å²) < 4.78 is 13.9. The van der Waals surface area contributed by atoms with Gasteiger partial charge in [-0.05, 0) is 40.4 Å². The van der Waals surface area contributed by atoms with Gasteiger partial charge in [-0.3, -0.25) is 0 Å². The quantitative estimate of drug-likeness (QED) is 0.628. The molecule has 1 saturated carbocycles. The Kier molecular flexibility index (Phi) is 5.46. The summed E-state index contributed by atoms with van der Waals surface area (Å²) in [5.74, 6) is -0.211. The van der Waals surface area contributed by atoms with Crippen molar-refractivity contribution >= 4 is 27.5 Å². The van der Waals surface area contributed by atoms with Crippen molar-refractivity contribution in [3.8, 4) is 0 Å². The summed E-state index contributed by atoms with van der Waals surface area (Å²) in [5, 5.41) is 3.66. The fraction of sp³-hybridized carbons (Fsp3) is 0.571. The predicted molar refractivity (Wildman–Crippen MR) is 77.5 cm³/mol. The van der Waals surface area contributed by atoms with E-state index in [1.807, 2.05) is 6.07 Å². The zero-order chi connectivity index (χ0) is 13.0. The maximum absolute atomic E-state index is 13.4. The zero-order valence-electron chi connectivity index (χ0n) is 10.3. The van der Waals surface area contributed by atoms with Gasteiger partial charge in [0.15, 0.2) is 0 Å². The number of nitrogens with one attached hydrogen (secondary N) is 1. The first-order valence-corrected chi connectivity index (χ1v) is 7.72. The lowest BCUT2D eigenvalue weighted by atomic mass is 10.1. The minimum atomic E-state index is -0.211. The highest BCUT2D eigenvalue weighted by Gasteiger charge is 2.21. The molecule has 2 atom stereocenters. The first kappa shape index (κ1) is 14.3. The summed E-state index contributed by atoms with van der Waals surface area (Å²) in [6.07, 6.45) is 5.90. The Morgan fingerprint density at radius 3 is 2.89 bits per heavy atom. The van der Waals surface area contributed by atoms with E-state index in [1.54, 1.807) is 6.07 Å². The molecule has 1 aromatic rings. The molecule has 1 nitrogen and oxygen atoms in total. The van der Waals surface area contributed by atoms with Crippen LogP contribution in [0.1, 0.15) is 37.7 Å².